The molecule has 1 aromatic heterocycles. The number of hydrogen-bond donors (Lipinski definition) is 0. The van der Waals surface area contributed by atoms with Gasteiger partial charge in [-0.15, -0.1) is 0 Å². The highest BCUT2D eigenvalue weighted by Gasteiger charge is 2.46. The normalized spacial score (nSPS) is 22.0. The van der Waals surface area contributed by atoms with Gasteiger partial charge in [-0.3, -0.25) is 4.79 Å². The molecule has 2 aliphatic heterocycles. The molecule has 1 amide bonds. The number of carbonyl (C=O) groups is 1. The lowest BCUT2D eigenvalue weighted by Gasteiger charge is -2.25. The van der Waals surface area contributed by atoms with Crippen molar-refractivity contribution < 1.29 is 9.53 Å². The van der Waals surface area contributed by atoms with Crippen LogP contribution in [0.25, 0.3) is 16.5 Å². The third-order valence-corrected chi connectivity index (χ3v) is 5.56. The molecule has 1 saturated heterocycles. The first-order chi connectivity index (χ1) is 12.6. The summed E-state index contributed by atoms with van der Waals surface area (Å²) in [6.07, 6.45) is -0.260. The maximum atomic E-state index is 13.0. The Morgan fingerprint density at radius 3 is 2.65 bits per heavy atom. The van der Waals surface area contributed by atoms with Crippen molar-refractivity contribution in [2.24, 2.45) is 7.05 Å². The van der Waals surface area contributed by atoms with E-state index in [1.54, 1.807) is 0 Å². The van der Waals surface area contributed by atoms with E-state index in [0.29, 0.717) is 13.0 Å². The van der Waals surface area contributed by atoms with Crippen LogP contribution in [0.3, 0.4) is 0 Å². The molecule has 1 fully saturated rings. The fourth-order valence-corrected chi connectivity index (χ4v) is 4.28. The summed E-state index contributed by atoms with van der Waals surface area (Å²) in [5.41, 5.74) is 5.42. The number of rotatable bonds is 2. The van der Waals surface area contributed by atoms with Crippen LogP contribution < -0.4 is 0 Å². The lowest BCUT2D eigenvalue weighted by Crippen LogP contribution is -2.36. The number of aromatic nitrogens is 1. The molecule has 2 aliphatic rings. The molecular weight excluding hydrogens is 324 g/mol. The van der Waals surface area contributed by atoms with Crippen molar-refractivity contribution in [3.05, 3.63) is 78.0 Å². The largest absolute Gasteiger partial charge is 0.347 e. The SMILES string of the molecule is C=C1c2c(n(C)c3ccccc23)C[C@H]2O[C@@H]1N(Cc1ccccc1)C2=O. The Kier molecular flexibility index (Phi) is 3.31. The minimum atomic E-state index is -0.440. The Morgan fingerprint density at radius 1 is 1.12 bits per heavy atom. The number of benzene rings is 2. The van der Waals surface area contributed by atoms with Gasteiger partial charge in [-0.1, -0.05) is 55.1 Å². The molecular formula is C22H20N2O2. The second-order valence-corrected chi connectivity index (χ2v) is 7.06. The highest BCUT2D eigenvalue weighted by atomic mass is 16.5. The Bertz CT molecular complexity index is 1030. The highest BCUT2D eigenvalue weighted by molar-refractivity contribution is 5.98. The predicted molar refractivity (Wildman–Crippen MR) is 101 cm³/mol. The number of aryl methyl sites for hydroxylation is 1. The van der Waals surface area contributed by atoms with Crippen molar-refractivity contribution in [3.63, 3.8) is 0 Å². The molecule has 0 radical (unpaired) electrons. The predicted octanol–water partition coefficient (Wildman–Crippen LogP) is 3.50. The molecule has 2 aromatic carbocycles. The van der Waals surface area contributed by atoms with Crippen molar-refractivity contribution in [1.29, 1.82) is 0 Å². The van der Waals surface area contributed by atoms with Gasteiger partial charge in [0.1, 0.15) is 6.10 Å². The van der Waals surface area contributed by atoms with E-state index in [1.807, 2.05) is 47.4 Å². The van der Waals surface area contributed by atoms with Crippen LogP contribution in [-0.4, -0.2) is 27.7 Å². The van der Waals surface area contributed by atoms with Crippen molar-refractivity contribution >= 4 is 22.4 Å². The van der Waals surface area contributed by atoms with Crippen LogP contribution in [-0.2, 0) is 29.5 Å². The number of hydrogen-bond acceptors (Lipinski definition) is 2. The number of amides is 1. The fourth-order valence-electron chi connectivity index (χ4n) is 4.28. The van der Waals surface area contributed by atoms with Crippen LogP contribution in [0.15, 0.2) is 61.2 Å². The van der Waals surface area contributed by atoms with Gasteiger partial charge >= 0.3 is 0 Å². The van der Waals surface area contributed by atoms with E-state index in [0.717, 1.165) is 22.4 Å². The first-order valence-corrected chi connectivity index (χ1v) is 8.90. The molecule has 2 atom stereocenters. The van der Waals surface area contributed by atoms with Crippen molar-refractivity contribution in [3.8, 4) is 0 Å². The van der Waals surface area contributed by atoms with Gasteiger partial charge in [0.05, 0.1) is 0 Å². The maximum Gasteiger partial charge on any atom is 0.254 e. The van der Waals surface area contributed by atoms with E-state index in [9.17, 15) is 4.79 Å². The summed E-state index contributed by atoms with van der Waals surface area (Å²) in [7, 11) is 2.06. The average Bonchev–Trinajstić information content (AvgIpc) is 3.05. The van der Waals surface area contributed by atoms with Crippen molar-refractivity contribution in [2.75, 3.05) is 0 Å². The zero-order chi connectivity index (χ0) is 17.8. The molecule has 3 heterocycles. The Morgan fingerprint density at radius 2 is 1.85 bits per heavy atom. The summed E-state index contributed by atoms with van der Waals surface area (Å²) in [4.78, 5) is 14.8. The summed E-state index contributed by atoms with van der Waals surface area (Å²) in [6, 6.07) is 18.4. The van der Waals surface area contributed by atoms with Gasteiger partial charge in [-0.05, 0) is 11.6 Å². The molecule has 0 saturated carbocycles. The third-order valence-electron chi connectivity index (χ3n) is 5.56. The van der Waals surface area contributed by atoms with E-state index < -0.39 is 12.3 Å². The zero-order valence-electron chi connectivity index (χ0n) is 14.7. The summed E-state index contributed by atoms with van der Waals surface area (Å²) >= 11 is 0. The van der Waals surface area contributed by atoms with Crippen LogP contribution in [0.4, 0.5) is 0 Å². The third kappa shape index (κ3) is 2.09. The molecule has 0 spiro atoms. The van der Waals surface area contributed by atoms with Crippen LogP contribution in [0, 0.1) is 0 Å². The molecule has 4 heteroatoms. The van der Waals surface area contributed by atoms with Gasteiger partial charge in [0.15, 0.2) is 6.23 Å². The average molecular weight is 344 g/mol. The lowest BCUT2D eigenvalue weighted by atomic mass is 9.98. The van der Waals surface area contributed by atoms with Gasteiger partial charge in [0.2, 0.25) is 0 Å². The Hall–Kier alpha value is -2.85. The molecule has 0 N–H and O–H groups in total. The van der Waals surface area contributed by atoms with E-state index in [2.05, 4.69) is 30.3 Å². The highest BCUT2D eigenvalue weighted by Crippen LogP contribution is 2.41. The topological polar surface area (TPSA) is 34.5 Å². The van der Waals surface area contributed by atoms with Crippen molar-refractivity contribution in [2.45, 2.75) is 25.3 Å². The summed E-state index contributed by atoms with van der Waals surface area (Å²) in [6.45, 7) is 4.89. The van der Waals surface area contributed by atoms with Gasteiger partial charge in [0, 0.05) is 47.7 Å². The summed E-state index contributed by atoms with van der Waals surface area (Å²) in [5.74, 6) is 0.0518. The molecule has 26 heavy (non-hydrogen) atoms. The van der Waals surface area contributed by atoms with Gasteiger partial charge in [-0.25, -0.2) is 0 Å². The minimum absolute atomic E-state index is 0.0518. The van der Waals surface area contributed by atoms with E-state index >= 15 is 0 Å². The molecule has 0 unspecified atom stereocenters. The number of fused-ring (bicyclic) bond motifs is 5. The van der Waals surface area contributed by atoms with E-state index in [1.165, 1.54) is 10.9 Å². The molecule has 130 valence electrons. The number of para-hydroxylation sites is 1. The van der Waals surface area contributed by atoms with Gasteiger partial charge < -0.3 is 14.2 Å². The summed E-state index contributed by atoms with van der Waals surface area (Å²) < 4.78 is 8.32. The number of carbonyl (C=O) groups excluding carboxylic acids is 1. The van der Waals surface area contributed by atoms with E-state index in [4.69, 9.17) is 4.74 Å². The second-order valence-electron chi connectivity index (χ2n) is 7.06. The van der Waals surface area contributed by atoms with Gasteiger partial charge in [0.25, 0.3) is 5.91 Å². The lowest BCUT2D eigenvalue weighted by molar-refractivity contribution is -0.130. The standard InChI is InChI=1S/C22H20N2O2/c1-14-20-16-10-6-7-11-17(16)23(2)18(20)12-19-21(25)24(22(14)26-19)13-15-8-4-3-5-9-15/h3-11,19,22H,1,12-13H2,2H3/t19-,22+/m1/s1. The molecule has 5 rings (SSSR count). The minimum Gasteiger partial charge on any atom is -0.347 e. The maximum absolute atomic E-state index is 13.0. The monoisotopic (exact) mass is 344 g/mol. The first-order valence-electron chi connectivity index (χ1n) is 8.90. The van der Waals surface area contributed by atoms with Crippen LogP contribution >= 0.6 is 0 Å². The van der Waals surface area contributed by atoms with Crippen LogP contribution in [0.5, 0.6) is 0 Å². The van der Waals surface area contributed by atoms with E-state index in [-0.39, 0.29) is 5.91 Å². The molecule has 0 aliphatic carbocycles. The molecule has 2 bridgehead atoms. The molecule has 4 nitrogen and oxygen atoms in total. The Balaban J connectivity index is 1.61. The number of nitrogens with zero attached hydrogens (tertiary/aromatic N) is 2. The van der Waals surface area contributed by atoms with Gasteiger partial charge in [-0.2, -0.15) is 0 Å². The van der Waals surface area contributed by atoms with Crippen molar-refractivity contribution in [1.82, 2.24) is 9.47 Å². The number of ether oxygens (including phenoxy) is 1. The molecule has 3 aromatic rings. The second kappa shape index (κ2) is 5.58. The summed E-state index contributed by atoms with van der Waals surface area (Å²) in [5, 5.41) is 1.18. The smallest absolute Gasteiger partial charge is 0.254 e. The van der Waals surface area contributed by atoms with Crippen LogP contribution in [0.1, 0.15) is 16.8 Å². The Labute approximate surface area is 152 Å². The zero-order valence-corrected chi connectivity index (χ0v) is 14.7. The first kappa shape index (κ1) is 15.4. The fraction of sp³-hybridized carbons (Fsp3) is 0.227. The van der Waals surface area contributed by atoms with Crippen LogP contribution in [0.2, 0.25) is 0 Å². The quantitative estimate of drug-likeness (QED) is 0.713.